The lowest BCUT2D eigenvalue weighted by Crippen LogP contribution is -2.41. The maximum Gasteiger partial charge on any atom is 0.408 e. The molecule has 128 valence electrons. The molecule has 2 N–H and O–H groups in total. The molecule has 0 unspecified atom stereocenters. The number of amides is 1. The molecule has 0 fully saturated rings. The van der Waals surface area contributed by atoms with E-state index in [9.17, 15) is 14.7 Å². The van der Waals surface area contributed by atoms with Gasteiger partial charge in [0.15, 0.2) is 6.10 Å². The van der Waals surface area contributed by atoms with Gasteiger partial charge in [-0.15, -0.1) is 0 Å². The van der Waals surface area contributed by atoms with Crippen LogP contribution < -0.4 is 5.32 Å². The number of carbonyl (C=O) groups is 2. The van der Waals surface area contributed by atoms with Gasteiger partial charge >= 0.3 is 12.1 Å². The van der Waals surface area contributed by atoms with Crippen molar-refractivity contribution in [1.82, 2.24) is 5.32 Å². The molecule has 1 amide bonds. The van der Waals surface area contributed by atoms with Crippen LogP contribution in [0.4, 0.5) is 4.79 Å². The number of esters is 1. The van der Waals surface area contributed by atoms with Crippen LogP contribution in [0.3, 0.4) is 0 Å². The molecule has 24 heavy (non-hydrogen) atoms. The molecule has 0 aliphatic heterocycles. The van der Waals surface area contributed by atoms with Gasteiger partial charge in [0, 0.05) is 0 Å². The highest BCUT2D eigenvalue weighted by molar-refractivity contribution is 5.77. The maximum absolute atomic E-state index is 12.0. The summed E-state index contributed by atoms with van der Waals surface area (Å²) in [5, 5.41) is 12.5. The fraction of sp³-hybridized carbons (Fsp3) is 0.294. The number of nitrogens with one attached hydrogen (secondary N) is 1. The van der Waals surface area contributed by atoms with Crippen LogP contribution >= 0.6 is 0 Å². The van der Waals surface area contributed by atoms with E-state index in [4.69, 9.17) is 13.9 Å². The third kappa shape index (κ3) is 4.85. The van der Waals surface area contributed by atoms with Crippen LogP contribution in [0.1, 0.15) is 24.3 Å². The first-order valence-electron chi connectivity index (χ1n) is 7.47. The normalized spacial score (nSPS) is 12.9. The van der Waals surface area contributed by atoms with Crippen molar-refractivity contribution in [3.63, 3.8) is 0 Å². The van der Waals surface area contributed by atoms with Gasteiger partial charge < -0.3 is 24.3 Å². The minimum atomic E-state index is -1.61. The summed E-state index contributed by atoms with van der Waals surface area (Å²) in [6.07, 6.45) is -1.03. The number of furan rings is 1. The number of rotatable bonds is 7. The fourth-order valence-corrected chi connectivity index (χ4v) is 2.03. The van der Waals surface area contributed by atoms with Gasteiger partial charge in [-0.2, -0.15) is 0 Å². The van der Waals surface area contributed by atoms with E-state index in [-0.39, 0.29) is 19.0 Å². The van der Waals surface area contributed by atoms with Crippen LogP contribution in [-0.2, 0) is 20.9 Å². The summed E-state index contributed by atoms with van der Waals surface area (Å²) in [6.45, 7) is 1.79. The Morgan fingerprint density at radius 3 is 2.54 bits per heavy atom. The number of hydrogen-bond donors (Lipinski definition) is 2. The highest BCUT2D eigenvalue weighted by atomic mass is 16.6. The monoisotopic (exact) mass is 333 g/mol. The Hall–Kier alpha value is -2.80. The van der Waals surface area contributed by atoms with Gasteiger partial charge in [-0.25, -0.2) is 9.59 Å². The molecule has 1 heterocycles. The zero-order valence-corrected chi connectivity index (χ0v) is 13.2. The fourth-order valence-electron chi connectivity index (χ4n) is 2.03. The van der Waals surface area contributed by atoms with Crippen LogP contribution in [-0.4, -0.2) is 29.9 Å². The maximum atomic E-state index is 12.0. The lowest BCUT2D eigenvalue weighted by Gasteiger charge is -2.20. The summed E-state index contributed by atoms with van der Waals surface area (Å²) in [5.74, 6) is -0.644. The molecule has 7 heteroatoms. The van der Waals surface area contributed by atoms with Gasteiger partial charge in [-0.05, 0) is 24.6 Å². The minimum absolute atomic E-state index is 0.0625. The van der Waals surface area contributed by atoms with E-state index in [0.717, 1.165) is 5.56 Å². The van der Waals surface area contributed by atoms with Gasteiger partial charge in [-0.1, -0.05) is 30.3 Å². The van der Waals surface area contributed by atoms with Crippen molar-refractivity contribution in [2.24, 2.45) is 0 Å². The van der Waals surface area contributed by atoms with Crippen LogP contribution in [0, 0.1) is 0 Å². The Labute approximate surface area is 139 Å². The molecule has 0 aliphatic carbocycles. The number of alkyl carbamates (subject to hydrolysis) is 1. The second-order valence-corrected chi connectivity index (χ2v) is 4.90. The second kappa shape index (κ2) is 8.73. The molecule has 2 rings (SSSR count). The Kier molecular flexibility index (Phi) is 6.39. The summed E-state index contributed by atoms with van der Waals surface area (Å²) >= 11 is 0. The predicted molar refractivity (Wildman–Crippen MR) is 83.9 cm³/mol. The van der Waals surface area contributed by atoms with Gasteiger partial charge in [0.05, 0.1) is 12.9 Å². The van der Waals surface area contributed by atoms with Crippen LogP contribution in [0.5, 0.6) is 0 Å². The number of ether oxygens (including phenoxy) is 2. The van der Waals surface area contributed by atoms with Crippen LogP contribution in [0.25, 0.3) is 0 Å². The van der Waals surface area contributed by atoms with E-state index in [1.807, 2.05) is 30.3 Å². The third-order valence-electron chi connectivity index (χ3n) is 3.18. The predicted octanol–water partition coefficient (Wildman–Crippen LogP) is 2.17. The topological polar surface area (TPSA) is 98.0 Å². The van der Waals surface area contributed by atoms with Gasteiger partial charge in [-0.3, -0.25) is 0 Å². The summed E-state index contributed by atoms with van der Waals surface area (Å²) in [7, 11) is 0. The first kappa shape index (κ1) is 17.6. The van der Waals surface area contributed by atoms with E-state index >= 15 is 0 Å². The molecule has 7 nitrogen and oxygen atoms in total. The Bertz CT molecular complexity index is 640. The summed E-state index contributed by atoms with van der Waals surface area (Å²) < 4.78 is 15.0. The average molecular weight is 333 g/mol. The Morgan fingerprint density at radius 1 is 1.17 bits per heavy atom. The zero-order chi connectivity index (χ0) is 17.4. The molecule has 0 spiro atoms. The minimum Gasteiger partial charge on any atom is -0.467 e. The van der Waals surface area contributed by atoms with E-state index in [1.54, 1.807) is 13.0 Å². The first-order chi connectivity index (χ1) is 11.6. The molecule has 1 aromatic carbocycles. The number of aliphatic hydroxyl groups excluding tert-OH is 1. The van der Waals surface area contributed by atoms with Crippen molar-refractivity contribution in [3.8, 4) is 0 Å². The van der Waals surface area contributed by atoms with Crippen molar-refractivity contribution in [2.75, 3.05) is 6.61 Å². The molecule has 2 atom stereocenters. The smallest absolute Gasteiger partial charge is 0.408 e. The van der Waals surface area contributed by atoms with E-state index < -0.39 is 24.2 Å². The van der Waals surface area contributed by atoms with Gasteiger partial charge in [0.1, 0.15) is 18.4 Å². The van der Waals surface area contributed by atoms with E-state index in [0.29, 0.717) is 0 Å². The zero-order valence-electron chi connectivity index (χ0n) is 13.2. The molecule has 0 saturated carbocycles. The lowest BCUT2D eigenvalue weighted by atomic mass is 10.1. The SMILES string of the molecule is CCOC(=O)[C@H](O)[C@H](NC(=O)OCc1ccccc1)c1ccco1. The first-order valence-corrected chi connectivity index (χ1v) is 7.47. The quantitative estimate of drug-likeness (QED) is 0.754. The molecule has 0 aliphatic rings. The van der Waals surface area contributed by atoms with Crippen LogP contribution in [0.2, 0.25) is 0 Å². The Morgan fingerprint density at radius 2 is 1.92 bits per heavy atom. The highest BCUT2D eigenvalue weighted by Gasteiger charge is 2.32. The average Bonchev–Trinajstić information content (AvgIpc) is 3.12. The van der Waals surface area contributed by atoms with Crippen LogP contribution in [0.15, 0.2) is 53.1 Å². The van der Waals surface area contributed by atoms with Crippen molar-refractivity contribution in [2.45, 2.75) is 25.7 Å². The highest BCUT2D eigenvalue weighted by Crippen LogP contribution is 2.19. The van der Waals surface area contributed by atoms with E-state index in [2.05, 4.69) is 5.32 Å². The van der Waals surface area contributed by atoms with Crippen molar-refractivity contribution in [3.05, 3.63) is 60.1 Å². The van der Waals surface area contributed by atoms with Crippen molar-refractivity contribution in [1.29, 1.82) is 0 Å². The summed E-state index contributed by atoms with van der Waals surface area (Å²) in [6, 6.07) is 11.1. The third-order valence-corrected chi connectivity index (χ3v) is 3.18. The van der Waals surface area contributed by atoms with Crippen molar-refractivity contribution >= 4 is 12.1 Å². The van der Waals surface area contributed by atoms with Gasteiger partial charge in [0.2, 0.25) is 0 Å². The second-order valence-electron chi connectivity index (χ2n) is 4.90. The van der Waals surface area contributed by atoms with Crippen molar-refractivity contribution < 1.29 is 28.6 Å². The lowest BCUT2D eigenvalue weighted by molar-refractivity contribution is -0.154. The summed E-state index contributed by atoms with van der Waals surface area (Å²) in [4.78, 5) is 23.7. The number of aliphatic hydroxyl groups is 1. The van der Waals surface area contributed by atoms with E-state index in [1.165, 1.54) is 12.3 Å². The standard InChI is InChI=1S/C17H19NO6/c1-2-22-16(20)15(19)14(13-9-6-10-23-13)18-17(21)24-11-12-7-4-3-5-8-12/h3-10,14-15,19H,2,11H2,1H3,(H,18,21)/t14-,15-/m1/s1. The molecule has 2 aromatic rings. The molecular formula is C17H19NO6. The largest absolute Gasteiger partial charge is 0.467 e. The molecular weight excluding hydrogens is 314 g/mol. The molecule has 0 saturated heterocycles. The number of benzene rings is 1. The molecule has 1 aromatic heterocycles. The Balaban J connectivity index is 1.99. The summed E-state index contributed by atoms with van der Waals surface area (Å²) in [5.41, 5.74) is 0.813. The molecule has 0 radical (unpaired) electrons. The van der Waals surface area contributed by atoms with Gasteiger partial charge in [0.25, 0.3) is 0 Å². The molecule has 0 bridgehead atoms. The number of carbonyl (C=O) groups excluding carboxylic acids is 2. The number of hydrogen-bond acceptors (Lipinski definition) is 6.